The summed E-state index contributed by atoms with van der Waals surface area (Å²) in [4.78, 5) is 10.6. The molecule has 0 saturated carbocycles. The number of carbonyl (C=O) groups is 1. The van der Waals surface area contributed by atoms with E-state index in [-0.39, 0.29) is 10.6 Å². The van der Waals surface area contributed by atoms with Crippen LogP contribution < -0.4 is 4.72 Å². The Kier molecular flexibility index (Phi) is 5.99. The number of β-amino-alcohol motifs (C(OH)–C–C–N with tert-alkyl or cyclic N) is 1. The summed E-state index contributed by atoms with van der Waals surface area (Å²) in [5, 5.41) is 19.0. The topological polar surface area (TPSA) is 107 Å². The quantitative estimate of drug-likeness (QED) is 0.634. The van der Waals surface area contributed by atoms with E-state index in [2.05, 4.69) is 4.72 Å². The third-order valence-corrected chi connectivity index (χ3v) is 7.80. The molecule has 24 heavy (non-hydrogen) atoms. The fourth-order valence-corrected chi connectivity index (χ4v) is 6.79. The third-order valence-electron chi connectivity index (χ3n) is 3.15. The summed E-state index contributed by atoms with van der Waals surface area (Å²) in [7, 11) is -3.63. The molecule has 0 bridgehead atoms. The lowest BCUT2D eigenvalue weighted by molar-refractivity contribution is -0.137. The number of rotatable bonds is 6. The number of hydrogen-bond acceptors (Lipinski definition) is 7. The van der Waals surface area contributed by atoms with E-state index in [4.69, 9.17) is 5.11 Å². The van der Waals surface area contributed by atoms with Gasteiger partial charge in [0.25, 0.3) is 10.0 Å². The van der Waals surface area contributed by atoms with Crippen molar-refractivity contribution in [2.75, 3.05) is 13.1 Å². The molecule has 3 N–H and O–H groups in total. The van der Waals surface area contributed by atoms with Gasteiger partial charge in [0.1, 0.15) is 4.21 Å². The predicted octanol–water partition coefficient (Wildman–Crippen LogP) is 2.05. The zero-order valence-electron chi connectivity index (χ0n) is 13.8. The third kappa shape index (κ3) is 5.17. The zero-order valence-corrected chi connectivity index (χ0v) is 16.2. The molecule has 0 radical (unpaired) electrons. The molecule has 2 heterocycles. The number of aliphatic carboxylic acids is 1. The Morgan fingerprint density at radius 3 is 2.71 bits per heavy atom. The van der Waals surface area contributed by atoms with Gasteiger partial charge in [0.15, 0.2) is 0 Å². The first-order valence-electron chi connectivity index (χ1n) is 7.48. The van der Waals surface area contributed by atoms with Crippen molar-refractivity contribution in [3.8, 4) is 0 Å². The number of aliphatic hydroxyl groups is 1. The van der Waals surface area contributed by atoms with Gasteiger partial charge >= 0.3 is 5.97 Å². The van der Waals surface area contributed by atoms with Gasteiger partial charge in [0.05, 0.1) is 10.3 Å². The van der Waals surface area contributed by atoms with Crippen LogP contribution in [-0.2, 0) is 14.8 Å². The molecular formula is C14H22N2O5S3. The average molecular weight is 395 g/mol. The maximum absolute atomic E-state index is 12.4. The van der Waals surface area contributed by atoms with Gasteiger partial charge in [-0.05, 0) is 45.2 Å². The lowest BCUT2D eigenvalue weighted by Gasteiger charge is -2.28. The highest BCUT2D eigenvalue weighted by Crippen LogP contribution is 2.43. The molecule has 10 heteroatoms. The summed E-state index contributed by atoms with van der Waals surface area (Å²) in [6.45, 7) is 6.18. The number of nitrogens with one attached hydrogen (secondary N) is 1. The van der Waals surface area contributed by atoms with Crippen molar-refractivity contribution in [1.29, 1.82) is 0 Å². The fraction of sp³-hybridized carbons (Fsp3) is 0.643. The molecule has 2 rings (SSSR count). The number of sulfonamides is 1. The van der Waals surface area contributed by atoms with Crippen molar-refractivity contribution in [2.45, 2.75) is 53.7 Å². The molecule has 0 unspecified atom stereocenters. The fourth-order valence-electron chi connectivity index (χ4n) is 2.24. The minimum Gasteiger partial charge on any atom is -0.481 e. The molecule has 1 aromatic rings. The molecule has 0 fully saturated rings. The Bertz CT molecular complexity index is 708. The van der Waals surface area contributed by atoms with Crippen molar-refractivity contribution in [1.82, 2.24) is 9.03 Å². The summed E-state index contributed by atoms with van der Waals surface area (Å²) in [6.07, 6.45) is -0.229. The van der Waals surface area contributed by atoms with Crippen LogP contribution in [0.5, 0.6) is 0 Å². The van der Waals surface area contributed by atoms with Crippen molar-refractivity contribution < 1.29 is 23.4 Å². The highest BCUT2D eigenvalue weighted by molar-refractivity contribution is 7.99. The Hall–Kier alpha value is -0.650. The number of carboxylic acid groups (broad SMARTS) is 1. The Labute approximate surface area is 150 Å². The number of hydrogen-bond donors (Lipinski definition) is 3. The van der Waals surface area contributed by atoms with E-state index in [0.29, 0.717) is 25.1 Å². The van der Waals surface area contributed by atoms with E-state index < -0.39 is 27.6 Å². The van der Waals surface area contributed by atoms with Crippen LogP contribution in [0.25, 0.3) is 0 Å². The van der Waals surface area contributed by atoms with Gasteiger partial charge in [0, 0.05) is 30.6 Å². The smallest absolute Gasteiger partial charge is 0.303 e. The first kappa shape index (κ1) is 19.7. The Balaban J connectivity index is 2.14. The second-order valence-electron chi connectivity index (χ2n) is 6.66. The number of fused-ring (bicyclic) bond motifs is 1. The average Bonchev–Trinajstić information content (AvgIpc) is 2.80. The van der Waals surface area contributed by atoms with Crippen molar-refractivity contribution in [3.05, 3.63) is 11.6 Å². The van der Waals surface area contributed by atoms with Gasteiger partial charge in [-0.15, -0.1) is 11.3 Å². The molecule has 1 aromatic heterocycles. The first-order chi connectivity index (χ1) is 11.0. The molecule has 0 saturated heterocycles. The zero-order chi connectivity index (χ0) is 18.1. The van der Waals surface area contributed by atoms with E-state index in [1.54, 1.807) is 20.8 Å². The van der Waals surface area contributed by atoms with Gasteiger partial charge in [-0.25, -0.2) is 17.4 Å². The summed E-state index contributed by atoms with van der Waals surface area (Å²) in [6, 6.07) is 1.53. The molecule has 0 amide bonds. The van der Waals surface area contributed by atoms with Crippen LogP contribution >= 0.6 is 23.3 Å². The molecule has 1 aliphatic rings. The highest BCUT2D eigenvalue weighted by atomic mass is 32.3. The number of nitrogens with zero attached hydrogens (tertiary/aromatic N) is 1. The molecular weight excluding hydrogens is 372 g/mol. The standard InChI is InChI=1S/C14H22N2O5S3/c1-14(2,3)15-24(20,21)12-7-9-10(17)8-16(23-13(9)22-12)6-4-5-11(18)19/h7,10,15,17H,4-6,8H2,1-3H3,(H,18,19)/t10-/m1/s1. The first-order valence-corrected chi connectivity index (χ1v) is 10.6. The van der Waals surface area contributed by atoms with Gasteiger partial charge in [-0.3, -0.25) is 4.79 Å². The van der Waals surface area contributed by atoms with Crippen LogP contribution in [0, 0.1) is 0 Å². The van der Waals surface area contributed by atoms with Crippen LogP contribution in [0.3, 0.4) is 0 Å². The summed E-state index contributed by atoms with van der Waals surface area (Å²) >= 11 is 2.50. The second-order valence-corrected chi connectivity index (χ2v) is 11.0. The maximum Gasteiger partial charge on any atom is 0.303 e. The largest absolute Gasteiger partial charge is 0.481 e. The van der Waals surface area contributed by atoms with Gasteiger partial charge < -0.3 is 10.2 Å². The van der Waals surface area contributed by atoms with Crippen LogP contribution in [-0.4, -0.2) is 47.5 Å². The number of carboxylic acids is 1. The summed E-state index contributed by atoms with van der Waals surface area (Å²) in [5.74, 6) is -0.851. The molecule has 1 aliphatic heterocycles. The van der Waals surface area contributed by atoms with Crippen LogP contribution in [0.2, 0.25) is 0 Å². The van der Waals surface area contributed by atoms with Crippen LogP contribution in [0.1, 0.15) is 45.3 Å². The minimum absolute atomic E-state index is 0.0690. The lowest BCUT2D eigenvalue weighted by Crippen LogP contribution is -2.40. The molecule has 136 valence electrons. The predicted molar refractivity (Wildman–Crippen MR) is 93.7 cm³/mol. The minimum atomic E-state index is -3.63. The maximum atomic E-state index is 12.4. The monoisotopic (exact) mass is 394 g/mol. The van der Waals surface area contributed by atoms with Gasteiger partial charge in [0.2, 0.25) is 0 Å². The summed E-state index contributed by atoms with van der Waals surface area (Å²) in [5.41, 5.74) is 0.0339. The van der Waals surface area contributed by atoms with E-state index in [0.717, 1.165) is 15.5 Å². The van der Waals surface area contributed by atoms with E-state index >= 15 is 0 Å². The number of thiophene rings is 1. The normalized spacial score (nSPS) is 19.2. The number of aliphatic hydroxyl groups excluding tert-OH is 1. The van der Waals surface area contributed by atoms with E-state index in [9.17, 15) is 18.3 Å². The summed E-state index contributed by atoms with van der Waals surface area (Å²) < 4.78 is 30.3. The second kappa shape index (κ2) is 7.30. The van der Waals surface area contributed by atoms with E-state index in [1.807, 2.05) is 4.31 Å². The van der Waals surface area contributed by atoms with Crippen LogP contribution in [0.4, 0.5) is 0 Å². The molecule has 0 aromatic carbocycles. The molecule has 0 aliphatic carbocycles. The molecule has 0 spiro atoms. The highest BCUT2D eigenvalue weighted by Gasteiger charge is 2.31. The lowest BCUT2D eigenvalue weighted by atomic mass is 10.1. The van der Waals surface area contributed by atoms with Crippen molar-refractivity contribution in [3.63, 3.8) is 0 Å². The van der Waals surface area contributed by atoms with Crippen molar-refractivity contribution >= 4 is 39.3 Å². The Morgan fingerprint density at radius 1 is 1.46 bits per heavy atom. The SMILES string of the molecule is CC(C)(C)NS(=O)(=O)c1cc2c(s1)SN(CCCC(=O)O)C[C@H]2O. The van der Waals surface area contributed by atoms with Crippen LogP contribution in [0.15, 0.2) is 14.5 Å². The van der Waals surface area contributed by atoms with Crippen molar-refractivity contribution in [2.24, 2.45) is 0 Å². The molecule has 7 nitrogen and oxygen atoms in total. The van der Waals surface area contributed by atoms with E-state index in [1.165, 1.54) is 18.0 Å². The van der Waals surface area contributed by atoms with Gasteiger partial charge in [-0.2, -0.15) is 0 Å². The Morgan fingerprint density at radius 2 is 2.12 bits per heavy atom. The van der Waals surface area contributed by atoms with Gasteiger partial charge in [-0.1, -0.05) is 0 Å². The molecule has 1 atom stereocenters.